The zero-order chi connectivity index (χ0) is 30.6. The van der Waals surface area contributed by atoms with Crippen molar-refractivity contribution in [1.82, 2.24) is 10.3 Å². The number of pyridine rings is 1. The second-order valence-electron chi connectivity index (χ2n) is 9.66. The van der Waals surface area contributed by atoms with Crippen LogP contribution in [-0.2, 0) is 17.5 Å². The van der Waals surface area contributed by atoms with E-state index in [0.717, 1.165) is 28.8 Å². The number of halogens is 5. The van der Waals surface area contributed by atoms with Crippen molar-refractivity contribution >= 4 is 40.8 Å². The lowest BCUT2D eigenvalue weighted by Gasteiger charge is -2.18. The van der Waals surface area contributed by atoms with Gasteiger partial charge in [-0.1, -0.05) is 41.4 Å². The molecule has 3 N–H and O–H groups in total. The molecule has 0 aliphatic rings. The summed E-state index contributed by atoms with van der Waals surface area (Å²) in [5.41, 5.74) is 4.32. The number of aryl methyl sites for hydroxylation is 2. The van der Waals surface area contributed by atoms with Gasteiger partial charge in [-0.2, -0.15) is 13.2 Å². The van der Waals surface area contributed by atoms with Crippen molar-refractivity contribution in [2.24, 2.45) is 0 Å². The van der Waals surface area contributed by atoms with Crippen molar-refractivity contribution in [3.05, 3.63) is 105 Å². The smallest absolute Gasteiger partial charge is 0.416 e. The summed E-state index contributed by atoms with van der Waals surface area (Å²) in [6.45, 7) is 3.65. The molecular weight excluding hydrogens is 590 g/mol. The monoisotopic (exact) mass is 615 g/mol. The number of alkyl halides is 3. The molecule has 4 aromatic rings. The Kier molecular flexibility index (Phi) is 9.43. The first kappa shape index (κ1) is 30.9. The Balaban J connectivity index is 1.61. The van der Waals surface area contributed by atoms with Crippen LogP contribution in [-0.4, -0.2) is 28.5 Å². The number of hydrogen-bond acceptors (Lipinski definition) is 4. The fourth-order valence-corrected chi connectivity index (χ4v) is 5.01. The molecule has 0 fully saturated rings. The average Bonchev–Trinajstić information content (AvgIpc) is 2.92. The van der Waals surface area contributed by atoms with E-state index in [0.29, 0.717) is 38.0 Å². The van der Waals surface area contributed by atoms with Gasteiger partial charge in [0.1, 0.15) is 5.69 Å². The van der Waals surface area contributed by atoms with Crippen molar-refractivity contribution in [1.29, 1.82) is 0 Å². The van der Waals surface area contributed by atoms with Gasteiger partial charge < -0.3 is 15.7 Å². The maximum absolute atomic E-state index is 13.7. The highest BCUT2D eigenvalue weighted by molar-refractivity contribution is 6.34. The summed E-state index contributed by atoms with van der Waals surface area (Å²) in [5, 5.41) is 15.6. The van der Waals surface area contributed by atoms with Crippen molar-refractivity contribution in [3.8, 4) is 22.3 Å². The van der Waals surface area contributed by atoms with E-state index in [2.05, 4.69) is 15.6 Å². The molecule has 0 spiro atoms. The average molecular weight is 616 g/mol. The number of hydrogen-bond donors (Lipinski definition) is 3. The summed E-state index contributed by atoms with van der Waals surface area (Å²) in [7, 11) is 0. The van der Waals surface area contributed by atoms with Gasteiger partial charge in [0.15, 0.2) is 0 Å². The Morgan fingerprint density at radius 1 is 0.905 bits per heavy atom. The lowest BCUT2D eigenvalue weighted by Crippen LogP contribution is -2.26. The van der Waals surface area contributed by atoms with Gasteiger partial charge in [0.25, 0.3) is 5.91 Å². The van der Waals surface area contributed by atoms with Gasteiger partial charge in [0.2, 0.25) is 0 Å². The van der Waals surface area contributed by atoms with E-state index in [4.69, 9.17) is 28.3 Å². The normalized spacial score (nSPS) is 11.3. The molecule has 0 atom stereocenters. The molecule has 0 saturated heterocycles. The maximum atomic E-state index is 13.7. The van der Waals surface area contributed by atoms with E-state index in [-0.39, 0.29) is 25.2 Å². The lowest BCUT2D eigenvalue weighted by atomic mass is 9.93. The third kappa shape index (κ3) is 7.40. The summed E-state index contributed by atoms with van der Waals surface area (Å²) in [6, 6.07) is 16.0. The molecule has 0 saturated carbocycles. The number of amides is 1. The van der Waals surface area contributed by atoms with Gasteiger partial charge in [-0.3, -0.25) is 14.6 Å². The fraction of sp³-hybridized carbons (Fsp3) is 0.194. The molecule has 42 heavy (non-hydrogen) atoms. The molecule has 3 aromatic carbocycles. The summed E-state index contributed by atoms with van der Waals surface area (Å²) >= 11 is 12.7. The molecule has 0 radical (unpaired) electrons. The van der Waals surface area contributed by atoms with E-state index < -0.39 is 23.6 Å². The van der Waals surface area contributed by atoms with E-state index in [1.165, 1.54) is 18.3 Å². The molecule has 11 heteroatoms. The Labute approximate surface area is 250 Å². The SMILES string of the molecule is Cc1cc(Cl)ccc1-c1ccc(NCc2c(C)cc(C(F)(F)F)cc2-c2ccc(C(=O)NCCC(=O)O)nc2)cc1Cl. The number of carbonyl (C=O) groups excluding carboxylic acids is 1. The lowest BCUT2D eigenvalue weighted by molar-refractivity contribution is -0.138. The van der Waals surface area contributed by atoms with Gasteiger partial charge in [0.05, 0.1) is 17.0 Å². The maximum Gasteiger partial charge on any atom is 0.416 e. The molecule has 1 amide bonds. The Bertz CT molecular complexity index is 1640. The molecular formula is C31H26Cl2F3N3O3. The Hall–Kier alpha value is -4.08. The predicted octanol–water partition coefficient (Wildman–Crippen LogP) is 8.17. The van der Waals surface area contributed by atoms with Crippen molar-refractivity contribution < 1.29 is 27.9 Å². The highest BCUT2D eigenvalue weighted by Crippen LogP contribution is 2.37. The number of carboxylic acids is 1. The molecule has 1 aromatic heterocycles. The topological polar surface area (TPSA) is 91.3 Å². The number of nitrogens with zero attached hydrogens (tertiary/aromatic N) is 1. The third-order valence-electron chi connectivity index (χ3n) is 6.65. The standard InChI is InChI=1S/C31H26Cl2F3N3O3/c1-17-11-20(31(34,35)36)13-25(19-3-8-28(39-15-19)30(42)37-10-9-29(40)41)26(17)16-38-22-5-7-24(27(33)14-22)23-6-4-21(32)12-18(23)2/h3-8,11-15,38H,9-10,16H2,1-2H3,(H,37,42)(H,40,41). The number of benzene rings is 3. The molecule has 0 aliphatic carbocycles. The highest BCUT2D eigenvalue weighted by atomic mass is 35.5. The zero-order valence-electron chi connectivity index (χ0n) is 22.6. The fourth-order valence-electron chi connectivity index (χ4n) is 4.50. The van der Waals surface area contributed by atoms with Crippen LogP contribution in [0.25, 0.3) is 22.3 Å². The number of aromatic nitrogens is 1. The van der Waals surface area contributed by atoms with Crippen LogP contribution >= 0.6 is 23.2 Å². The van der Waals surface area contributed by atoms with Crippen LogP contribution in [0.2, 0.25) is 10.0 Å². The largest absolute Gasteiger partial charge is 0.481 e. The zero-order valence-corrected chi connectivity index (χ0v) is 24.1. The van der Waals surface area contributed by atoms with Crippen LogP contribution in [0.15, 0.2) is 66.9 Å². The van der Waals surface area contributed by atoms with E-state index in [9.17, 15) is 22.8 Å². The van der Waals surface area contributed by atoms with Crippen LogP contribution in [0.4, 0.5) is 18.9 Å². The van der Waals surface area contributed by atoms with E-state index in [1.54, 1.807) is 19.1 Å². The number of carbonyl (C=O) groups is 2. The molecule has 218 valence electrons. The molecule has 6 nitrogen and oxygen atoms in total. The van der Waals surface area contributed by atoms with E-state index in [1.807, 2.05) is 31.2 Å². The predicted molar refractivity (Wildman–Crippen MR) is 158 cm³/mol. The highest BCUT2D eigenvalue weighted by Gasteiger charge is 2.32. The van der Waals surface area contributed by atoms with Crippen LogP contribution in [0.3, 0.4) is 0 Å². The first-order valence-electron chi connectivity index (χ1n) is 12.8. The third-order valence-corrected chi connectivity index (χ3v) is 7.20. The molecule has 1 heterocycles. The number of rotatable bonds is 9. The molecule has 0 unspecified atom stereocenters. The minimum Gasteiger partial charge on any atom is -0.481 e. The van der Waals surface area contributed by atoms with Crippen molar-refractivity contribution in [2.75, 3.05) is 11.9 Å². The van der Waals surface area contributed by atoms with Gasteiger partial charge >= 0.3 is 12.1 Å². The molecule has 0 bridgehead atoms. The van der Waals surface area contributed by atoms with Gasteiger partial charge in [-0.05, 0) is 84.1 Å². The Morgan fingerprint density at radius 3 is 2.26 bits per heavy atom. The number of anilines is 1. The second-order valence-corrected chi connectivity index (χ2v) is 10.5. The van der Waals surface area contributed by atoms with Crippen LogP contribution in [0.1, 0.15) is 39.2 Å². The number of nitrogens with one attached hydrogen (secondary N) is 2. The summed E-state index contributed by atoms with van der Waals surface area (Å²) in [5.74, 6) is -1.64. The minimum atomic E-state index is -4.56. The molecule has 0 aliphatic heterocycles. The quantitative estimate of drug-likeness (QED) is 0.177. The first-order valence-corrected chi connectivity index (χ1v) is 13.6. The minimum absolute atomic E-state index is 0.0122. The van der Waals surface area contributed by atoms with E-state index >= 15 is 0 Å². The van der Waals surface area contributed by atoms with Gasteiger partial charge in [0, 0.05) is 41.1 Å². The van der Waals surface area contributed by atoms with Gasteiger partial charge in [-0.25, -0.2) is 0 Å². The van der Waals surface area contributed by atoms with Crippen LogP contribution in [0, 0.1) is 13.8 Å². The van der Waals surface area contributed by atoms with Gasteiger partial charge in [-0.15, -0.1) is 0 Å². The van der Waals surface area contributed by atoms with Crippen molar-refractivity contribution in [2.45, 2.75) is 33.0 Å². The summed E-state index contributed by atoms with van der Waals surface area (Å²) < 4.78 is 41.1. The van der Waals surface area contributed by atoms with Crippen molar-refractivity contribution in [3.63, 3.8) is 0 Å². The summed E-state index contributed by atoms with van der Waals surface area (Å²) in [4.78, 5) is 27.1. The van der Waals surface area contributed by atoms with Crippen LogP contribution < -0.4 is 10.6 Å². The number of carboxylic acid groups (broad SMARTS) is 1. The second kappa shape index (κ2) is 12.8. The molecule has 4 rings (SSSR count). The number of aliphatic carboxylic acids is 1. The Morgan fingerprint density at radius 2 is 1.64 bits per heavy atom. The van der Waals surface area contributed by atoms with Crippen LogP contribution in [0.5, 0.6) is 0 Å². The summed E-state index contributed by atoms with van der Waals surface area (Å²) in [6.07, 6.45) is -3.49. The first-order chi connectivity index (χ1) is 19.8.